The van der Waals surface area contributed by atoms with Crippen LogP contribution < -0.4 is 10.4 Å². The van der Waals surface area contributed by atoms with Crippen molar-refractivity contribution in [3.05, 3.63) is 93.4 Å². The van der Waals surface area contributed by atoms with Gasteiger partial charge in [-0.25, -0.2) is 0 Å². The van der Waals surface area contributed by atoms with Crippen molar-refractivity contribution in [2.75, 3.05) is 24.8 Å². The van der Waals surface area contributed by atoms with Crippen LogP contribution in [0.3, 0.4) is 0 Å². The molecule has 2 aliphatic rings. The fourth-order valence-electron chi connectivity index (χ4n) is 4.48. The van der Waals surface area contributed by atoms with Crippen molar-refractivity contribution in [3.63, 3.8) is 0 Å². The van der Waals surface area contributed by atoms with Gasteiger partial charge in [-0.05, 0) is 22.8 Å². The predicted octanol–water partition coefficient (Wildman–Crippen LogP) is 2.86. The standard InChI is InChI=1S/C25H23N3O5S/c1-16(29)33-13-12-26-15-28(27-11-10-20(30)24(31)23(27)25(26)32)22-18-7-3-2-6-17(18)14-34-21-9-5-4-8-19(21)22/h2-11,22,31H,12-15H2,1H3. The highest BCUT2D eigenvalue weighted by Gasteiger charge is 2.38. The number of pyridine rings is 1. The Morgan fingerprint density at radius 3 is 2.62 bits per heavy atom. The van der Waals surface area contributed by atoms with Crippen LogP contribution in [0.4, 0.5) is 0 Å². The number of nitrogens with zero attached hydrogens (tertiary/aromatic N) is 3. The molecule has 0 bridgehead atoms. The highest BCUT2D eigenvalue weighted by atomic mass is 32.2. The molecular weight excluding hydrogens is 454 g/mol. The molecule has 9 heteroatoms. The molecule has 2 aliphatic heterocycles. The average molecular weight is 478 g/mol. The number of carbonyl (C=O) groups is 2. The van der Waals surface area contributed by atoms with Crippen LogP contribution in [0.15, 0.2) is 70.5 Å². The van der Waals surface area contributed by atoms with E-state index in [-0.39, 0.29) is 31.6 Å². The van der Waals surface area contributed by atoms with Gasteiger partial charge in [-0.3, -0.25) is 24.1 Å². The van der Waals surface area contributed by atoms with E-state index in [0.29, 0.717) is 0 Å². The van der Waals surface area contributed by atoms with Crippen LogP contribution in [-0.4, -0.2) is 46.4 Å². The SMILES string of the molecule is CC(=O)OCCN1CN(C2c3ccccc3CSc3ccccc32)n2ccc(=O)c(O)c2C1=O. The normalized spacial score (nSPS) is 16.9. The zero-order valence-electron chi connectivity index (χ0n) is 18.5. The number of ether oxygens (including phenoxy) is 1. The Bertz CT molecular complexity index is 1290. The summed E-state index contributed by atoms with van der Waals surface area (Å²) in [6.07, 6.45) is 1.53. The van der Waals surface area contributed by atoms with Crippen molar-refractivity contribution in [2.45, 2.75) is 23.6 Å². The van der Waals surface area contributed by atoms with E-state index in [9.17, 15) is 19.5 Å². The van der Waals surface area contributed by atoms with Gasteiger partial charge in [-0.15, -0.1) is 11.8 Å². The topological polar surface area (TPSA) is 92.1 Å². The Hall–Kier alpha value is -3.72. The molecule has 0 radical (unpaired) electrons. The van der Waals surface area contributed by atoms with Crippen LogP contribution in [0.25, 0.3) is 0 Å². The molecule has 174 valence electrons. The van der Waals surface area contributed by atoms with Crippen molar-refractivity contribution >= 4 is 23.6 Å². The van der Waals surface area contributed by atoms with E-state index in [1.165, 1.54) is 29.7 Å². The highest BCUT2D eigenvalue weighted by Crippen LogP contribution is 2.42. The molecule has 34 heavy (non-hydrogen) atoms. The number of carbonyl (C=O) groups excluding carboxylic acids is 2. The van der Waals surface area contributed by atoms with Crippen LogP contribution >= 0.6 is 11.8 Å². The lowest BCUT2D eigenvalue weighted by molar-refractivity contribution is -0.141. The second-order valence-electron chi connectivity index (χ2n) is 8.14. The van der Waals surface area contributed by atoms with E-state index in [2.05, 4.69) is 24.3 Å². The lowest BCUT2D eigenvalue weighted by Gasteiger charge is -2.44. The molecular formula is C25H23N3O5S. The molecule has 0 fully saturated rings. The minimum atomic E-state index is -0.626. The molecule has 1 aromatic heterocycles. The van der Waals surface area contributed by atoms with Crippen molar-refractivity contribution < 1.29 is 19.4 Å². The van der Waals surface area contributed by atoms with E-state index in [1.54, 1.807) is 16.4 Å². The maximum atomic E-state index is 13.3. The van der Waals surface area contributed by atoms with Gasteiger partial charge in [0.05, 0.1) is 12.6 Å². The van der Waals surface area contributed by atoms with Crippen molar-refractivity contribution in [3.8, 4) is 5.75 Å². The van der Waals surface area contributed by atoms with Crippen molar-refractivity contribution in [1.82, 2.24) is 9.58 Å². The minimum absolute atomic E-state index is 0.0143. The van der Waals surface area contributed by atoms with Crippen LogP contribution in [0.5, 0.6) is 5.75 Å². The average Bonchev–Trinajstić information content (AvgIpc) is 2.99. The molecule has 2 aromatic carbocycles. The molecule has 1 atom stereocenters. The number of aromatic nitrogens is 1. The van der Waals surface area contributed by atoms with Gasteiger partial charge in [0.1, 0.15) is 13.3 Å². The summed E-state index contributed by atoms with van der Waals surface area (Å²) >= 11 is 1.75. The summed E-state index contributed by atoms with van der Waals surface area (Å²) in [5.41, 5.74) is 2.59. The number of hydrogen-bond acceptors (Lipinski definition) is 7. The third-order valence-corrected chi connectivity index (χ3v) is 7.19. The second-order valence-corrected chi connectivity index (χ2v) is 9.16. The first-order valence-electron chi connectivity index (χ1n) is 10.9. The Morgan fingerprint density at radius 1 is 1.09 bits per heavy atom. The molecule has 3 heterocycles. The van der Waals surface area contributed by atoms with E-state index in [0.717, 1.165) is 21.8 Å². The molecule has 0 saturated carbocycles. The summed E-state index contributed by atoms with van der Waals surface area (Å²) in [5.74, 6) is -0.735. The Morgan fingerprint density at radius 2 is 1.82 bits per heavy atom. The smallest absolute Gasteiger partial charge is 0.302 e. The van der Waals surface area contributed by atoms with E-state index >= 15 is 0 Å². The van der Waals surface area contributed by atoms with Gasteiger partial charge >= 0.3 is 5.97 Å². The third-order valence-electron chi connectivity index (χ3n) is 6.05. The molecule has 1 unspecified atom stereocenters. The first kappa shape index (κ1) is 22.1. The van der Waals surface area contributed by atoms with E-state index < -0.39 is 23.1 Å². The minimum Gasteiger partial charge on any atom is -0.502 e. The molecule has 8 nitrogen and oxygen atoms in total. The van der Waals surface area contributed by atoms with Gasteiger partial charge in [0, 0.05) is 29.8 Å². The molecule has 3 aromatic rings. The van der Waals surface area contributed by atoms with Crippen LogP contribution in [0.2, 0.25) is 0 Å². The maximum Gasteiger partial charge on any atom is 0.302 e. The van der Waals surface area contributed by atoms with Gasteiger partial charge in [-0.1, -0.05) is 42.5 Å². The summed E-state index contributed by atoms with van der Waals surface area (Å²) in [5, 5.41) is 12.6. The van der Waals surface area contributed by atoms with Crippen LogP contribution in [0, 0.1) is 0 Å². The largest absolute Gasteiger partial charge is 0.502 e. The number of esters is 1. The van der Waals surface area contributed by atoms with Gasteiger partial charge in [0.2, 0.25) is 5.43 Å². The van der Waals surface area contributed by atoms with Gasteiger partial charge < -0.3 is 14.7 Å². The summed E-state index contributed by atoms with van der Waals surface area (Å²) in [6, 6.07) is 17.3. The van der Waals surface area contributed by atoms with Gasteiger partial charge in [-0.2, -0.15) is 0 Å². The fraction of sp³-hybridized carbons (Fsp3) is 0.240. The quantitative estimate of drug-likeness (QED) is 0.578. The second kappa shape index (κ2) is 8.90. The first-order chi connectivity index (χ1) is 16.5. The molecule has 1 amide bonds. The first-order valence-corrected chi connectivity index (χ1v) is 11.9. The molecule has 0 saturated heterocycles. The number of thioether (sulfide) groups is 1. The lowest BCUT2D eigenvalue weighted by Crippen LogP contribution is -2.56. The number of benzene rings is 2. The number of aromatic hydroxyl groups is 1. The monoisotopic (exact) mass is 477 g/mol. The van der Waals surface area contributed by atoms with Crippen molar-refractivity contribution in [2.24, 2.45) is 0 Å². The summed E-state index contributed by atoms with van der Waals surface area (Å²) in [4.78, 5) is 39.4. The highest BCUT2D eigenvalue weighted by molar-refractivity contribution is 7.98. The number of fused-ring (bicyclic) bond motifs is 3. The molecule has 1 N–H and O–H groups in total. The summed E-state index contributed by atoms with van der Waals surface area (Å²) in [6.45, 7) is 1.62. The summed E-state index contributed by atoms with van der Waals surface area (Å²) < 4.78 is 6.64. The zero-order valence-corrected chi connectivity index (χ0v) is 19.3. The van der Waals surface area contributed by atoms with Crippen LogP contribution in [-0.2, 0) is 15.3 Å². The number of hydrogen-bond donors (Lipinski definition) is 1. The Labute approximate surface area is 200 Å². The molecule has 0 aliphatic carbocycles. The summed E-state index contributed by atoms with van der Waals surface area (Å²) in [7, 11) is 0. The van der Waals surface area contributed by atoms with E-state index in [1.807, 2.05) is 29.3 Å². The Balaban J connectivity index is 1.68. The number of amides is 1. The third kappa shape index (κ3) is 3.81. The molecule has 0 spiro atoms. The zero-order chi connectivity index (χ0) is 23.8. The fourth-order valence-corrected chi connectivity index (χ4v) is 5.57. The predicted molar refractivity (Wildman–Crippen MR) is 127 cm³/mol. The number of rotatable bonds is 4. The maximum absolute atomic E-state index is 13.3. The molecule has 5 rings (SSSR count). The lowest BCUT2D eigenvalue weighted by atomic mass is 9.94. The van der Waals surface area contributed by atoms with Gasteiger partial charge in [0.15, 0.2) is 11.4 Å². The van der Waals surface area contributed by atoms with Crippen LogP contribution in [0.1, 0.15) is 40.1 Å². The Kier molecular flexibility index (Phi) is 5.79. The van der Waals surface area contributed by atoms with Crippen molar-refractivity contribution in [1.29, 1.82) is 0 Å². The van der Waals surface area contributed by atoms with Gasteiger partial charge in [0.25, 0.3) is 5.91 Å². The van der Waals surface area contributed by atoms with E-state index in [4.69, 9.17) is 4.74 Å².